The van der Waals surface area contributed by atoms with Gasteiger partial charge in [0.15, 0.2) is 0 Å². The number of carbonyl (C=O) groups is 2. The van der Waals surface area contributed by atoms with Gasteiger partial charge in [-0.1, -0.05) is 37.8 Å². The van der Waals surface area contributed by atoms with E-state index >= 15 is 0 Å². The molecule has 7 rings (SSSR count). The van der Waals surface area contributed by atoms with Gasteiger partial charge in [-0.15, -0.1) is 0 Å². The molecule has 0 spiro atoms. The van der Waals surface area contributed by atoms with Crippen molar-refractivity contribution in [3.63, 3.8) is 0 Å². The highest BCUT2D eigenvalue weighted by Gasteiger charge is 2.52. The smallest absolute Gasteiger partial charge is 0.226 e. The quantitative estimate of drug-likeness (QED) is 0.672. The predicted octanol–water partition coefficient (Wildman–Crippen LogP) is 4.80. The first-order chi connectivity index (χ1) is 15.9. The van der Waals surface area contributed by atoms with Crippen LogP contribution in [0.15, 0.2) is 18.0 Å². The molecule has 2 amide bonds. The average Bonchev–Trinajstić information content (AvgIpc) is 2.77. The van der Waals surface area contributed by atoms with Crippen molar-refractivity contribution in [2.45, 2.75) is 90.5 Å². The van der Waals surface area contributed by atoms with E-state index in [4.69, 9.17) is 0 Å². The lowest BCUT2D eigenvalue weighted by atomic mass is 9.48. The van der Waals surface area contributed by atoms with Gasteiger partial charge >= 0.3 is 0 Å². The number of aromatic nitrogens is 2. The Kier molecular flexibility index (Phi) is 5.11. The predicted molar refractivity (Wildman–Crippen MR) is 126 cm³/mol. The third-order valence-corrected chi connectivity index (χ3v) is 9.03. The van der Waals surface area contributed by atoms with Crippen LogP contribution in [0.3, 0.4) is 0 Å². The van der Waals surface area contributed by atoms with E-state index in [2.05, 4.69) is 28.3 Å². The molecule has 0 aromatic carbocycles. The summed E-state index contributed by atoms with van der Waals surface area (Å²) >= 11 is 0. The van der Waals surface area contributed by atoms with E-state index in [1.807, 2.05) is 4.90 Å². The van der Waals surface area contributed by atoms with E-state index in [1.165, 1.54) is 25.7 Å². The molecule has 0 saturated heterocycles. The molecule has 1 aliphatic heterocycles. The van der Waals surface area contributed by atoms with E-state index in [1.54, 1.807) is 11.9 Å². The van der Waals surface area contributed by atoms with Crippen LogP contribution in [0.4, 0.5) is 5.82 Å². The highest BCUT2D eigenvalue weighted by atomic mass is 16.2. The normalized spacial score (nSPS) is 32.9. The standard InChI is InChI=1S/C27H36N4O2/c1-26-10-18-9-19(11-26)13-27(12-18,16-26)14-23(32)30-24-21-7-8-31(15-22(21)28-17-29-24)25(33)20-5-3-2-4-6-20/h10,17,19-20H,2-9,11-16H2,1H3,(H,28,29,30,32). The third kappa shape index (κ3) is 4.00. The number of hydrogen-bond donors (Lipinski definition) is 1. The number of anilines is 1. The summed E-state index contributed by atoms with van der Waals surface area (Å²) in [6.45, 7) is 3.61. The van der Waals surface area contributed by atoms with Gasteiger partial charge in [0.25, 0.3) is 0 Å². The Labute approximate surface area is 196 Å². The van der Waals surface area contributed by atoms with E-state index in [9.17, 15) is 9.59 Å². The highest BCUT2D eigenvalue weighted by molar-refractivity contribution is 5.91. The minimum Gasteiger partial charge on any atom is -0.336 e. The van der Waals surface area contributed by atoms with Crippen LogP contribution in [0.2, 0.25) is 0 Å². The van der Waals surface area contributed by atoms with Gasteiger partial charge in [-0.3, -0.25) is 9.59 Å². The second-order valence-corrected chi connectivity index (χ2v) is 12.0. The summed E-state index contributed by atoms with van der Waals surface area (Å²) in [6.07, 6.45) is 16.9. The van der Waals surface area contributed by atoms with Crippen LogP contribution in [0.5, 0.6) is 0 Å². The molecule has 3 unspecified atom stereocenters. The summed E-state index contributed by atoms with van der Waals surface area (Å²) in [5.41, 5.74) is 3.90. The Morgan fingerprint density at radius 2 is 2.03 bits per heavy atom. The van der Waals surface area contributed by atoms with Crippen LogP contribution < -0.4 is 5.32 Å². The fourth-order valence-corrected chi connectivity index (χ4v) is 8.23. The second-order valence-electron chi connectivity index (χ2n) is 12.0. The summed E-state index contributed by atoms with van der Waals surface area (Å²) < 4.78 is 0. The van der Waals surface area contributed by atoms with Crippen LogP contribution in [0, 0.1) is 22.7 Å². The van der Waals surface area contributed by atoms with Gasteiger partial charge in [0, 0.05) is 24.4 Å². The number of nitrogens with zero attached hydrogens (tertiary/aromatic N) is 3. The Morgan fingerprint density at radius 3 is 2.82 bits per heavy atom. The highest BCUT2D eigenvalue weighted by Crippen LogP contribution is 2.63. The lowest BCUT2D eigenvalue weighted by Crippen LogP contribution is -2.47. The largest absolute Gasteiger partial charge is 0.336 e. The Balaban J connectivity index is 1.13. The van der Waals surface area contributed by atoms with Gasteiger partial charge in [0.2, 0.25) is 11.8 Å². The number of rotatable bonds is 4. The Bertz CT molecular complexity index is 1010. The van der Waals surface area contributed by atoms with E-state index in [0.29, 0.717) is 31.7 Å². The van der Waals surface area contributed by atoms with Crippen molar-refractivity contribution < 1.29 is 9.59 Å². The molecule has 2 heterocycles. The summed E-state index contributed by atoms with van der Waals surface area (Å²) in [4.78, 5) is 37.1. The molecule has 1 aromatic rings. The molecule has 1 N–H and O–H groups in total. The molecule has 6 heteroatoms. The molecular formula is C27H36N4O2. The minimum atomic E-state index is 0.0859. The zero-order valence-electron chi connectivity index (χ0n) is 19.9. The van der Waals surface area contributed by atoms with E-state index in [0.717, 1.165) is 55.7 Å². The molecule has 176 valence electrons. The minimum absolute atomic E-state index is 0.0859. The van der Waals surface area contributed by atoms with Crippen molar-refractivity contribution >= 4 is 17.6 Å². The molecule has 3 atom stereocenters. The monoisotopic (exact) mass is 448 g/mol. The fourth-order valence-electron chi connectivity index (χ4n) is 8.23. The van der Waals surface area contributed by atoms with Crippen LogP contribution in [-0.4, -0.2) is 33.2 Å². The zero-order valence-corrected chi connectivity index (χ0v) is 19.9. The Hall–Kier alpha value is -2.24. The number of allylic oxidation sites excluding steroid dienone is 2. The van der Waals surface area contributed by atoms with Crippen LogP contribution in [0.25, 0.3) is 0 Å². The lowest BCUT2D eigenvalue weighted by molar-refractivity contribution is -0.137. The molecule has 5 aliphatic carbocycles. The molecule has 1 aromatic heterocycles. The fraction of sp³-hybridized carbons (Fsp3) is 0.704. The SMILES string of the molecule is CC12C=C3CC(C1)CC(CC(=O)Nc1ncnc4c1CCN(C(=O)C1CCCCC1)C4)(C3)C2. The van der Waals surface area contributed by atoms with Crippen molar-refractivity contribution in [3.05, 3.63) is 29.2 Å². The first-order valence-electron chi connectivity index (χ1n) is 13.0. The van der Waals surface area contributed by atoms with E-state index < -0.39 is 0 Å². The van der Waals surface area contributed by atoms with Gasteiger partial charge < -0.3 is 10.2 Å². The molecule has 3 saturated carbocycles. The Morgan fingerprint density at radius 1 is 1.18 bits per heavy atom. The van der Waals surface area contributed by atoms with Gasteiger partial charge in [0.05, 0.1) is 12.2 Å². The lowest BCUT2D eigenvalue weighted by Gasteiger charge is -2.57. The van der Waals surface area contributed by atoms with Crippen molar-refractivity contribution in [2.75, 3.05) is 11.9 Å². The third-order valence-electron chi connectivity index (χ3n) is 9.03. The maximum Gasteiger partial charge on any atom is 0.226 e. The molecule has 3 fully saturated rings. The molecule has 0 radical (unpaired) electrons. The number of amides is 2. The first kappa shape index (κ1) is 21.3. The number of hydrogen-bond acceptors (Lipinski definition) is 4. The van der Waals surface area contributed by atoms with E-state index in [-0.39, 0.29) is 28.6 Å². The summed E-state index contributed by atoms with van der Waals surface area (Å²) in [6, 6.07) is 0. The van der Waals surface area contributed by atoms with Gasteiger partial charge in [-0.2, -0.15) is 0 Å². The van der Waals surface area contributed by atoms with Crippen molar-refractivity contribution in [3.8, 4) is 0 Å². The maximum absolute atomic E-state index is 13.2. The summed E-state index contributed by atoms with van der Waals surface area (Å²) in [5, 5.41) is 3.15. The topological polar surface area (TPSA) is 75.2 Å². The van der Waals surface area contributed by atoms with Crippen LogP contribution >= 0.6 is 0 Å². The summed E-state index contributed by atoms with van der Waals surface area (Å²) in [5.74, 6) is 1.96. The van der Waals surface area contributed by atoms with Gasteiger partial charge in [0.1, 0.15) is 12.1 Å². The summed E-state index contributed by atoms with van der Waals surface area (Å²) in [7, 11) is 0. The molecule has 6 nitrogen and oxygen atoms in total. The second kappa shape index (κ2) is 7.92. The van der Waals surface area contributed by atoms with Crippen LogP contribution in [-0.2, 0) is 22.6 Å². The van der Waals surface area contributed by atoms with Crippen molar-refractivity contribution in [2.24, 2.45) is 22.7 Å². The van der Waals surface area contributed by atoms with Crippen LogP contribution in [0.1, 0.15) is 88.8 Å². The van der Waals surface area contributed by atoms with Gasteiger partial charge in [-0.05, 0) is 68.1 Å². The molecule has 4 bridgehead atoms. The average molecular weight is 449 g/mol. The van der Waals surface area contributed by atoms with Crippen molar-refractivity contribution in [1.82, 2.24) is 14.9 Å². The number of carbonyl (C=O) groups excluding carboxylic acids is 2. The zero-order chi connectivity index (χ0) is 22.6. The maximum atomic E-state index is 13.2. The number of fused-ring (bicyclic) bond motifs is 1. The molecular weight excluding hydrogens is 412 g/mol. The molecule has 6 aliphatic rings. The first-order valence-corrected chi connectivity index (χ1v) is 13.0. The van der Waals surface area contributed by atoms with Crippen molar-refractivity contribution in [1.29, 1.82) is 0 Å². The molecule has 33 heavy (non-hydrogen) atoms. The number of nitrogens with one attached hydrogen (secondary N) is 1. The van der Waals surface area contributed by atoms with Gasteiger partial charge in [-0.25, -0.2) is 9.97 Å².